The fraction of sp³-hybridized carbons (Fsp3) is 0.200. The van der Waals surface area contributed by atoms with Crippen molar-refractivity contribution in [2.75, 3.05) is 10.6 Å². The topological polar surface area (TPSA) is 112 Å². The lowest BCUT2D eigenvalue weighted by molar-refractivity contribution is -0.137. The van der Waals surface area contributed by atoms with Gasteiger partial charge in [-0.05, 0) is 37.1 Å². The molecule has 1 aliphatic heterocycles. The number of benzene rings is 1. The van der Waals surface area contributed by atoms with E-state index in [9.17, 15) is 22.8 Å². The number of anilines is 3. The molecule has 3 amide bonds. The lowest BCUT2D eigenvalue weighted by Crippen LogP contribution is -2.22. The third-order valence-electron chi connectivity index (χ3n) is 4.99. The quantitative estimate of drug-likeness (QED) is 0.327. The van der Waals surface area contributed by atoms with Crippen molar-refractivity contribution < 1.29 is 22.8 Å². The van der Waals surface area contributed by atoms with Gasteiger partial charge >= 0.3 is 12.2 Å². The van der Waals surface area contributed by atoms with Crippen molar-refractivity contribution in [3.05, 3.63) is 52.3 Å². The number of nitrogens with one attached hydrogen (secondary N) is 4. The van der Waals surface area contributed by atoms with Crippen LogP contribution in [0.5, 0.6) is 0 Å². The summed E-state index contributed by atoms with van der Waals surface area (Å²) in [5, 5.41) is 14.6. The van der Waals surface area contributed by atoms with Gasteiger partial charge in [0.2, 0.25) is 0 Å². The van der Waals surface area contributed by atoms with Crippen molar-refractivity contribution in [2.45, 2.75) is 25.1 Å². The van der Waals surface area contributed by atoms with Gasteiger partial charge in [0, 0.05) is 23.4 Å². The van der Waals surface area contributed by atoms with Crippen LogP contribution in [0.25, 0.3) is 11.7 Å². The first-order chi connectivity index (χ1) is 15.7. The molecule has 0 atom stereocenters. The molecule has 5 rings (SSSR count). The van der Waals surface area contributed by atoms with Gasteiger partial charge in [0.15, 0.2) is 5.65 Å². The van der Waals surface area contributed by atoms with Crippen molar-refractivity contribution in [3.8, 4) is 0 Å². The summed E-state index contributed by atoms with van der Waals surface area (Å²) in [5.74, 6) is 0.228. The minimum Gasteiger partial charge on any atom is -0.367 e. The molecule has 1 aliphatic carbocycles. The molecule has 0 unspecified atom stereocenters. The molecule has 1 saturated carbocycles. The highest BCUT2D eigenvalue weighted by atomic mass is 35.5. The van der Waals surface area contributed by atoms with Gasteiger partial charge in [0.1, 0.15) is 17.3 Å². The van der Waals surface area contributed by atoms with Crippen LogP contribution in [-0.4, -0.2) is 32.6 Å². The van der Waals surface area contributed by atoms with Crippen LogP contribution in [0.1, 0.15) is 24.0 Å². The van der Waals surface area contributed by atoms with Crippen LogP contribution < -0.4 is 21.3 Å². The Bertz CT molecular complexity index is 1330. The summed E-state index contributed by atoms with van der Waals surface area (Å²) in [6, 6.07) is 4.71. The number of fused-ring (bicyclic) bond motifs is 1. The molecule has 1 aromatic carbocycles. The number of alkyl halides is 3. The fourth-order valence-corrected chi connectivity index (χ4v) is 3.52. The number of amides is 3. The highest BCUT2D eigenvalue weighted by Gasteiger charge is 2.33. The molecule has 3 aromatic rings. The van der Waals surface area contributed by atoms with Crippen molar-refractivity contribution >= 4 is 52.6 Å². The number of rotatable bonds is 5. The van der Waals surface area contributed by atoms with Gasteiger partial charge in [-0.1, -0.05) is 11.6 Å². The summed E-state index contributed by atoms with van der Waals surface area (Å²) >= 11 is 5.71. The maximum Gasteiger partial charge on any atom is 0.417 e. The molecule has 2 aliphatic rings. The van der Waals surface area contributed by atoms with E-state index in [1.165, 1.54) is 22.9 Å². The Morgan fingerprint density at radius 1 is 1.18 bits per heavy atom. The van der Waals surface area contributed by atoms with Gasteiger partial charge in [-0.15, -0.1) is 0 Å². The van der Waals surface area contributed by atoms with E-state index in [-0.39, 0.29) is 23.2 Å². The molecule has 2 aromatic heterocycles. The fourth-order valence-electron chi connectivity index (χ4n) is 3.29. The number of carbonyl (C=O) groups excluding carboxylic acids is 2. The SMILES string of the molecule is O=C1NC(=O)/C(=C/c2cnn3c(NC4CC4)cc(Nc4ccc(Cl)c(C(F)(F)F)c4)nc23)N1. The Morgan fingerprint density at radius 3 is 2.64 bits per heavy atom. The Morgan fingerprint density at radius 2 is 1.97 bits per heavy atom. The first kappa shape index (κ1) is 21.1. The van der Waals surface area contributed by atoms with Gasteiger partial charge in [-0.3, -0.25) is 10.1 Å². The normalized spacial score (nSPS) is 17.4. The van der Waals surface area contributed by atoms with Crippen molar-refractivity contribution in [1.29, 1.82) is 0 Å². The second kappa shape index (κ2) is 7.66. The second-order valence-corrected chi connectivity index (χ2v) is 7.97. The highest BCUT2D eigenvalue weighted by Crippen LogP contribution is 2.37. The standard InChI is InChI=1S/C20H15ClF3N7O2/c21-13-4-3-11(6-12(13)20(22,23)24)26-15-7-16(27-10-1-2-10)31-17(29-15)9(8-25-31)5-14-18(32)30-19(33)28-14/h3-8,10,27H,1-2H2,(H,26,29)(H2,28,30,32,33)/b14-5-. The summed E-state index contributed by atoms with van der Waals surface area (Å²) in [6.07, 6.45) is 0.234. The first-order valence-corrected chi connectivity index (χ1v) is 10.2. The number of hydrogen-bond acceptors (Lipinski definition) is 6. The van der Waals surface area contributed by atoms with Crippen molar-refractivity contribution in [2.24, 2.45) is 0 Å². The predicted molar refractivity (Wildman–Crippen MR) is 114 cm³/mol. The summed E-state index contributed by atoms with van der Waals surface area (Å²) < 4.78 is 41.2. The van der Waals surface area contributed by atoms with E-state index >= 15 is 0 Å². The molecule has 0 spiro atoms. The van der Waals surface area contributed by atoms with E-state index in [2.05, 4.69) is 31.3 Å². The number of aromatic nitrogens is 3. The number of hydrogen-bond donors (Lipinski definition) is 4. The first-order valence-electron chi connectivity index (χ1n) is 9.80. The molecule has 33 heavy (non-hydrogen) atoms. The molecule has 9 nitrogen and oxygen atoms in total. The molecular formula is C20H15ClF3N7O2. The smallest absolute Gasteiger partial charge is 0.367 e. The van der Waals surface area contributed by atoms with E-state index in [1.54, 1.807) is 6.07 Å². The molecule has 13 heteroatoms. The average molecular weight is 478 g/mol. The van der Waals surface area contributed by atoms with Crippen LogP contribution in [-0.2, 0) is 11.0 Å². The Balaban J connectivity index is 1.56. The third kappa shape index (κ3) is 4.29. The van der Waals surface area contributed by atoms with E-state index < -0.39 is 28.7 Å². The monoisotopic (exact) mass is 477 g/mol. The molecule has 2 fully saturated rings. The zero-order chi connectivity index (χ0) is 23.3. The number of carbonyl (C=O) groups is 2. The van der Waals surface area contributed by atoms with Gasteiger partial charge in [0.25, 0.3) is 5.91 Å². The number of imide groups is 1. The predicted octanol–water partition coefficient (Wildman–Crippen LogP) is 3.90. The van der Waals surface area contributed by atoms with E-state index in [1.807, 2.05) is 0 Å². The Labute approximate surface area is 189 Å². The third-order valence-corrected chi connectivity index (χ3v) is 5.32. The lowest BCUT2D eigenvalue weighted by Gasteiger charge is -2.14. The number of urea groups is 1. The van der Waals surface area contributed by atoms with Gasteiger partial charge in [-0.25, -0.2) is 9.78 Å². The highest BCUT2D eigenvalue weighted by molar-refractivity contribution is 6.31. The van der Waals surface area contributed by atoms with Crippen LogP contribution in [0.4, 0.5) is 35.3 Å². The summed E-state index contributed by atoms with van der Waals surface area (Å²) in [6.45, 7) is 0. The van der Waals surface area contributed by atoms with E-state index in [0.717, 1.165) is 25.0 Å². The van der Waals surface area contributed by atoms with Gasteiger partial charge < -0.3 is 16.0 Å². The molecule has 0 bridgehead atoms. The van der Waals surface area contributed by atoms with Crippen LogP contribution >= 0.6 is 11.6 Å². The number of halogens is 4. The van der Waals surface area contributed by atoms with Gasteiger partial charge in [-0.2, -0.15) is 22.8 Å². The van der Waals surface area contributed by atoms with E-state index in [0.29, 0.717) is 17.0 Å². The summed E-state index contributed by atoms with van der Waals surface area (Å²) in [5.41, 5.74) is -0.0436. The average Bonchev–Trinajstić information content (AvgIpc) is 3.37. The van der Waals surface area contributed by atoms with Crippen LogP contribution in [0.2, 0.25) is 5.02 Å². The minimum atomic E-state index is -4.61. The maximum absolute atomic E-state index is 13.2. The molecule has 170 valence electrons. The molecule has 0 radical (unpaired) electrons. The van der Waals surface area contributed by atoms with Crippen molar-refractivity contribution in [1.82, 2.24) is 25.2 Å². The van der Waals surface area contributed by atoms with Crippen molar-refractivity contribution in [3.63, 3.8) is 0 Å². The zero-order valence-electron chi connectivity index (χ0n) is 16.6. The minimum absolute atomic E-state index is 0.0271. The molecule has 3 heterocycles. The zero-order valence-corrected chi connectivity index (χ0v) is 17.4. The Hall–Kier alpha value is -3.80. The maximum atomic E-state index is 13.2. The molecule has 4 N–H and O–H groups in total. The summed E-state index contributed by atoms with van der Waals surface area (Å²) in [7, 11) is 0. The van der Waals surface area contributed by atoms with E-state index in [4.69, 9.17) is 11.6 Å². The summed E-state index contributed by atoms with van der Waals surface area (Å²) in [4.78, 5) is 27.7. The van der Waals surface area contributed by atoms with Crippen LogP contribution in [0.15, 0.2) is 36.2 Å². The van der Waals surface area contributed by atoms with Crippen LogP contribution in [0.3, 0.4) is 0 Å². The lowest BCUT2D eigenvalue weighted by atomic mass is 10.2. The van der Waals surface area contributed by atoms with Gasteiger partial charge in [0.05, 0.1) is 16.8 Å². The second-order valence-electron chi connectivity index (χ2n) is 7.56. The van der Waals surface area contributed by atoms with Crippen LogP contribution in [0, 0.1) is 0 Å². The largest absolute Gasteiger partial charge is 0.417 e. The molecule has 1 saturated heterocycles. The molecular weight excluding hydrogens is 463 g/mol. The Kier molecular flexibility index (Phi) is 4.89. The number of nitrogens with zero attached hydrogens (tertiary/aromatic N) is 3.